The van der Waals surface area contributed by atoms with Crippen molar-refractivity contribution in [2.45, 2.75) is 51.2 Å². The molecule has 0 bridgehead atoms. The average Bonchev–Trinajstić information content (AvgIpc) is 3.42. The molecule has 5 nitrogen and oxygen atoms in total. The molecule has 1 aliphatic carbocycles. The lowest BCUT2D eigenvalue weighted by Crippen LogP contribution is -2.49. The fourth-order valence-corrected chi connectivity index (χ4v) is 3.18. The van der Waals surface area contributed by atoms with Gasteiger partial charge in [-0.3, -0.25) is 0 Å². The maximum atomic E-state index is 13.4. The van der Waals surface area contributed by atoms with Crippen LogP contribution in [0, 0.1) is 5.82 Å². The summed E-state index contributed by atoms with van der Waals surface area (Å²) in [7, 11) is 0. The number of hydrogen-bond acceptors (Lipinski definition) is 3. The molecule has 0 aromatic heterocycles. The summed E-state index contributed by atoms with van der Waals surface area (Å²) in [6.07, 6.45) is 5.00. The number of benzene rings is 1. The van der Waals surface area contributed by atoms with Crippen molar-refractivity contribution < 1.29 is 9.50 Å². The van der Waals surface area contributed by atoms with Crippen molar-refractivity contribution in [1.82, 2.24) is 15.5 Å². The summed E-state index contributed by atoms with van der Waals surface area (Å²) < 4.78 is 13.4. The molecule has 25 heavy (non-hydrogen) atoms. The molecule has 1 saturated carbocycles. The van der Waals surface area contributed by atoms with Crippen LogP contribution < -0.4 is 10.6 Å². The molecule has 1 aromatic carbocycles. The largest absolute Gasteiger partial charge is 0.505 e. The van der Waals surface area contributed by atoms with Gasteiger partial charge in [0.25, 0.3) is 0 Å². The van der Waals surface area contributed by atoms with Crippen LogP contribution in [0.5, 0.6) is 5.75 Å². The van der Waals surface area contributed by atoms with Crippen LogP contribution >= 0.6 is 24.0 Å². The average molecular weight is 462 g/mol. The summed E-state index contributed by atoms with van der Waals surface area (Å²) in [5.41, 5.74) is 0.742. The second-order valence-corrected chi connectivity index (χ2v) is 6.67. The van der Waals surface area contributed by atoms with Gasteiger partial charge >= 0.3 is 0 Å². The number of halogens is 2. The van der Waals surface area contributed by atoms with Crippen LogP contribution in [-0.4, -0.2) is 47.7 Å². The van der Waals surface area contributed by atoms with Crippen molar-refractivity contribution in [3.05, 3.63) is 29.6 Å². The Morgan fingerprint density at radius 2 is 2.00 bits per heavy atom. The Hall–Kier alpha value is -1.09. The first-order valence-corrected chi connectivity index (χ1v) is 8.92. The number of piperidine rings is 1. The van der Waals surface area contributed by atoms with Crippen molar-refractivity contribution in [2.24, 2.45) is 4.99 Å². The van der Waals surface area contributed by atoms with Gasteiger partial charge in [0.2, 0.25) is 0 Å². The molecular formula is C18H28FIN4O. The van der Waals surface area contributed by atoms with Crippen molar-refractivity contribution in [2.75, 3.05) is 19.6 Å². The lowest BCUT2D eigenvalue weighted by atomic mass is 10.1. The summed E-state index contributed by atoms with van der Waals surface area (Å²) in [6, 6.07) is 5.68. The molecule has 0 amide bonds. The first kappa shape index (κ1) is 20.2. The molecular weight excluding hydrogens is 434 g/mol. The van der Waals surface area contributed by atoms with Crippen LogP contribution in [-0.2, 0) is 6.54 Å². The molecule has 7 heteroatoms. The molecule has 1 saturated heterocycles. The number of aliphatic imine (C=N–C) groups is 1. The summed E-state index contributed by atoms with van der Waals surface area (Å²) in [6.45, 7) is 5.52. The number of aromatic hydroxyl groups is 1. The monoisotopic (exact) mass is 462 g/mol. The van der Waals surface area contributed by atoms with E-state index < -0.39 is 5.82 Å². The summed E-state index contributed by atoms with van der Waals surface area (Å²) in [5, 5.41) is 16.0. The van der Waals surface area contributed by atoms with Crippen LogP contribution in [0.3, 0.4) is 0 Å². The Morgan fingerprint density at radius 1 is 1.28 bits per heavy atom. The Morgan fingerprint density at radius 3 is 2.60 bits per heavy atom. The highest BCUT2D eigenvalue weighted by atomic mass is 127. The van der Waals surface area contributed by atoms with Crippen molar-refractivity contribution >= 4 is 29.9 Å². The Kier molecular flexibility index (Phi) is 7.74. The minimum Gasteiger partial charge on any atom is -0.505 e. The molecule has 0 unspecified atom stereocenters. The molecule has 1 heterocycles. The van der Waals surface area contributed by atoms with Crippen LogP contribution in [0.2, 0.25) is 0 Å². The van der Waals surface area contributed by atoms with E-state index in [1.165, 1.54) is 25.0 Å². The molecule has 3 N–H and O–H groups in total. The standard InChI is InChI=1S/C18H27FN4O.HI/c1-2-20-18(21-12-13-3-6-17(24)16(19)11-13)22-14-7-9-23(10-8-14)15-4-5-15;/h3,6,11,14-15,24H,2,4-5,7-10,12H2,1H3,(H2,20,21,22);1H. The van der Waals surface area contributed by atoms with Gasteiger partial charge in [0.05, 0.1) is 6.54 Å². The number of nitrogens with zero attached hydrogens (tertiary/aromatic N) is 2. The number of likely N-dealkylation sites (tertiary alicyclic amines) is 1. The zero-order chi connectivity index (χ0) is 16.9. The highest BCUT2D eigenvalue weighted by Gasteiger charge is 2.31. The zero-order valence-electron chi connectivity index (χ0n) is 14.7. The third kappa shape index (κ3) is 5.99. The minimum atomic E-state index is -0.604. The maximum absolute atomic E-state index is 13.4. The van der Waals surface area contributed by atoms with E-state index in [1.807, 2.05) is 6.92 Å². The van der Waals surface area contributed by atoms with E-state index in [-0.39, 0.29) is 29.7 Å². The highest BCUT2D eigenvalue weighted by molar-refractivity contribution is 14.0. The van der Waals surface area contributed by atoms with Crippen LogP contribution in [0.15, 0.2) is 23.2 Å². The number of guanidine groups is 1. The maximum Gasteiger partial charge on any atom is 0.191 e. The molecule has 0 radical (unpaired) electrons. The van der Waals surface area contributed by atoms with Gasteiger partial charge in [0.1, 0.15) is 0 Å². The normalized spacial score (nSPS) is 19.4. The van der Waals surface area contributed by atoms with Gasteiger partial charge in [-0.2, -0.15) is 0 Å². The molecule has 0 spiro atoms. The lowest BCUT2D eigenvalue weighted by Gasteiger charge is -2.33. The number of rotatable bonds is 5. The van der Waals surface area contributed by atoms with E-state index >= 15 is 0 Å². The molecule has 2 fully saturated rings. The van der Waals surface area contributed by atoms with Gasteiger partial charge in [0.15, 0.2) is 17.5 Å². The number of phenolic OH excluding ortho intramolecular Hbond substituents is 1. The Labute approximate surface area is 166 Å². The molecule has 140 valence electrons. The third-order valence-corrected chi connectivity index (χ3v) is 4.71. The lowest BCUT2D eigenvalue weighted by molar-refractivity contribution is 0.197. The van der Waals surface area contributed by atoms with Gasteiger partial charge in [-0.25, -0.2) is 9.38 Å². The topological polar surface area (TPSA) is 59.9 Å². The summed E-state index contributed by atoms with van der Waals surface area (Å²) in [5.74, 6) is -0.154. The molecule has 2 aliphatic rings. The second-order valence-electron chi connectivity index (χ2n) is 6.67. The number of nitrogens with one attached hydrogen (secondary N) is 2. The summed E-state index contributed by atoms with van der Waals surface area (Å²) >= 11 is 0. The number of hydrogen-bond donors (Lipinski definition) is 3. The number of phenols is 1. The van der Waals surface area contributed by atoms with E-state index in [4.69, 9.17) is 0 Å². The predicted octanol–water partition coefficient (Wildman–Crippen LogP) is 2.83. The van der Waals surface area contributed by atoms with Gasteiger partial charge in [0, 0.05) is 31.7 Å². The molecule has 3 rings (SSSR count). The van der Waals surface area contributed by atoms with E-state index in [2.05, 4.69) is 20.5 Å². The first-order valence-electron chi connectivity index (χ1n) is 8.92. The van der Waals surface area contributed by atoms with E-state index in [9.17, 15) is 9.50 Å². The first-order chi connectivity index (χ1) is 11.7. The molecule has 0 atom stereocenters. The Bertz CT molecular complexity index is 586. The zero-order valence-corrected chi connectivity index (χ0v) is 17.0. The van der Waals surface area contributed by atoms with Gasteiger partial charge in [-0.05, 0) is 50.3 Å². The second kappa shape index (κ2) is 9.56. The third-order valence-electron chi connectivity index (χ3n) is 4.71. The van der Waals surface area contributed by atoms with Gasteiger partial charge < -0.3 is 20.6 Å². The smallest absolute Gasteiger partial charge is 0.191 e. The fraction of sp³-hybridized carbons (Fsp3) is 0.611. The van der Waals surface area contributed by atoms with E-state index in [0.717, 1.165) is 50.0 Å². The molecule has 1 aliphatic heterocycles. The van der Waals surface area contributed by atoms with Crippen molar-refractivity contribution in [3.63, 3.8) is 0 Å². The molecule has 1 aromatic rings. The summed E-state index contributed by atoms with van der Waals surface area (Å²) in [4.78, 5) is 7.15. The fourth-order valence-electron chi connectivity index (χ4n) is 3.18. The minimum absolute atomic E-state index is 0. The van der Waals surface area contributed by atoms with Gasteiger partial charge in [-0.1, -0.05) is 6.07 Å². The van der Waals surface area contributed by atoms with E-state index in [0.29, 0.717) is 12.6 Å². The SMILES string of the molecule is CCNC(=NCc1ccc(O)c(F)c1)NC1CCN(C2CC2)CC1.I. The quantitative estimate of drug-likeness (QED) is 0.358. The van der Waals surface area contributed by atoms with Crippen LogP contribution in [0.1, 0.15) is 38.2 Å². The van der Waals surface area contributed by atoms with Crippen molar-refractivity contribution in [1.29, 1.82) is 0 Å². The van der Waals surface area contributed by atoms with Crippen LogP contribution in [0.25, 0.3) is 0 Å². The van der Waals surface area contributed by atoms with E-state index in [1.54, 1.807) is 6.07 Å². The highest BCUT2D eigenvalue weighted by Crippen LogP contribution is 2.29. The van der Waals surface area contributed by atoms with Gasteiger partial charge in [-0.15, -0.1) is 24.0 Å². The Balaban J connectivity index is 0.00000225. The predicted molar refractivity (Wildman–Crippen MR) is 109 cm³/mol. The van der Waals surface area contributed by atoms with Crippen LogP contribution in [0.4, 0.5) is 4.39 Å². The van der Waals surface area contributed by atoms with Crippen molar-refractivity contribution in [3.8, 4) is 5.75 Å².